The van der Waals surface area contributed by atoms with E-state index in [2.05, 4.69) is 27.7 Å². The molecule has 0 aliphatic carbocycles. The van der Waals surface area contributed by atoms with Crippen molar-refractivity contribution in [3.8, 4) is 0 Å². The van der Waals surface area contributed by atoms with Crippen LogP contribution in [0.2, 0.25) is 0 Å². The Balaban J connectivity index is 1.59. The van der Waals surface area contributed by atoms with E-state index in [1.807, 2.05) is 0 Å². The Labute approximate surface area is 110 Å². The maximum atomic E-state index is 5.95. The van der Waals surface area contributed by atoms with Gasteiger partial charge in [0.2, 0.25) is 0 Å². The van der Waals surface area contributed by atoms with Crippen LogP contribution < -0.4 is 0 Å². The van der Waals surface area contributed by atoms with E-state index in [0.29, 0.717) is 18.8 Å². The van der Waals surface area contributed by atoms with Crippen LogP contribution in [0.5, 0.6) is 0 Å². The van der Waals surface area contributed by atoms with E-state index in [1.54, 1.807) is 0 Å². The fourth-order valence-electron chi connectivity index (χ4n) is 1.92. The molecular weight excluding hydrogens is 232 g/mol. The van der Waals surface area contributed by atoms with Crippen molar-refractivity contribution in [2.75, 3.05) is 26.4 Å². The SMILES string of the molecule is CC(C)(CCOC(C)(C)CC1CO1)OCC1CO1. The topological polar surface area (TPSA) is 43.5 Å². The predicted octanol–water partition coefficient (Wildman–Crippen LogP) is 2.15. The number of hydrogen-bond donors (Lipinski definition) is 0. The highest BCUT2D eigenvalue weighted by molar-refractivity contribution is 4.81. The van der Waals surface area contributed by atoms with Crippen molar-refractivity contribution in [1.82, 2.24) is 0 Å². The molecule has 2 atom stereocenters. The zero-order valence-corrected chi connectivity index (χ0v) is 12.0. The van der Waals surface area contributed by atoms with E-state index in [-0.39, 0.29) is 11.2 Å². The summed E-state index contributed by atoms with van der Waals surface area (Å²) < 4.78 is 22.2. The molecule has 18 heavy (non-hydrogen) atoms. The van der Waals surface area contributed by atoms with Gasteiger partial charge in [-0.3, -0.25) is 0 Å². The highest BCUT2D eigenvalue weighted by Crippen LogP contribution is 2.26. The molecule has 0 bridgehead atoms. The minimum Gasteiger partial charge on any atom is -0.375 e. The molecule has 0 radical (unpaired) electrons. The molecule has 2 heterocycles. The lowest BCUT2D eigenvalue weighted by Gasteiger charge is -2.29. The van der Waals surface area contributed by atoms with E-state index >= 15 is 0 Å². The van der Waals surface area contributed by atoms with Gasteiger partial charge in [-0.1, -0.05) is 0 Å². The first kappa shape index (κ1) is 14.3. The van der Waals surface area contributed by atoms with Crippen molar-refractivity contribution in [1.29, 1.82) is 0 Å². The molecule has 0 aromatic carbocycles. The smallest absolute Gasteiger partial charge is 0.104 e. The Hall–Kier alpha value is -0.160. The Kier molecular flexibility index (Phi) is 4.32. The van der Waals surface area contributed by atoms with Gasteiger partial charge in [0.1, 0.15) is 6.10 Å². The van der Waals surface area contributed by atoms with Crippen molar-refractivity contribution in [3.05, 3.63) is 0 Å². The average molecular weight is 258 g/mol. The number of rotatable bonds is 9. The maximum absolute atomic E-state index is 5.95. The molecule has 2 saturated heterocycles. The maximum Gasteiger partial charge on any atom is 0.104 e. The lowest BCUT2D eigenvalue weighted by molar-refractivity contribution is -0.0782. The molecule has 4 nitrogen and oxygen atoms in total. The summed E-state index contributed by atoms with van der Waals surface area (Å²) in [5, 5.41) is 0. The molecule has 0 saturated carbocycles. The summed E-state index contributed by atoms with van der Waals surface area (Å²) in [7, 11) is 0. The van der Waals surface area contributed by atoms with Crippen LogP contribution in [0.25, 0.3) is 0 Å². The van der Waals surface area contributed by atoms with Gasteiger partial charge in [0.25, 0.3) is 0 Å². The average Bonchev–Trinajstić information content (AvgIpc) is 3.08. The van der Waals surface area contributed by atoms with Gasteiger partial charge in [-0.05, 0) is 34.1 Å². The molecular formula is C14H26O4. The van der Waals surface area contributed by atoms with Crippen molar-refractivity contribution in [2.45, 2.75) is 63.9 Å². The first-order valence-electron chi connectivity index (χ1n) is 6.87. The molecule has 106 valence electrons. The number of hydrogen-bond acceptors (Lipinski definition) is 4. The van der Waals surface area contributed by atoms with Gasteiger partial charge in [0.05, 0.1) is 43.7 Å². The third-order valence-corrected chi connectivity index (χ3v) is 3.38. The zero-order valence-electron chi connectivity index (χ0n) is 12.0. The molecule has 2 fully saturated rings. The largest absolute Gasteiger partial charge is 0.375 e. The van der Waals surface area contributed by atoms with Crippen LogP contribution in [0, 0.1) is 0 Å². The summed E-state index contributed by atoms with van der Waals surface area (Å²) in [5.74, 6) is 0. The van der Waals surface area contributed by atoms with Gasteiger partial charge >= 0.3 is 0 Å². The van der Waals surface area contributed by atoms with Gasteiger partial charge < -0.3 is 18.9 Å². The van der Waals surface area contributed by atoms with Crippen LogP contribution in [-0.4, -0.2) is 49.8 Å². The van der Waals surface area contributed by atoms with Crippen LogP contribution >= 0.6 is 0 Å². The van der Waals surface area contributed by atoms with Crippen molar-refractivity contribution in [3.63, 3.8) is 0 Å². The highest BCUT2D eigenvalue weighted by Gasteiger charge is 2.32. The van der Waals surface area contributed by atoms with E-state index in [9.17, 15) is 0 Å². The highest BCUT2D eigenvalue weighted by atomic mass is 16.6. The van der Waals surface area contributed by atoms with Crippen LogP contribution in [0.15, 0.2) is 0 Å². The standard InChI is InChI=1S/C14H26O4/c1-13(2,18-10-12-9-16-12)5-6-17-14(3,4)7-11-8-15-11/h11-12H,5-10H2,1-4H3. The second kappa shape index (κ2) is 5.45. The summed E-state index contributed by atoms with van der Waals surface area (Å²) in [4.78, 5) is 0. The monoisotopic (exact) mass is 258 g/mol. The normalized spacial score (nSPS) is 27.3. The minimum absolute atomic E-state index is 0.100. The third kappa shape index (κ3) is 5.65. The van der Waals surface area contributed by atoms with Gasteiger partial charge in [-0.15, -0.1) is 0 Å². The number of epoxide rings is 2. The van der Waals surface area contributed by atoms with E-state index < -0.39 is 0 Å². The molecule has 4 heteroatoms. The molecule has 2 unspecified atom stereocenters. The molecule has 0 spiro atoms. The second-order valence-corrected chi connectivity index (χ2v) is 6.54. The van der Waals surface area contributed by atoms with Gasteiger partial charge in [-0.2, -0.15) is 0 Å². The molecule has 2 aliphatic heterocycles. The zero-order chi connectivity index (χ0) is 13.2. The molecule has 2 rings (SSSR count). The Morgan fingerprint density at radius 3 is 2.11 bits per heavy atom. The van der Waals surface area contributed by atoms with Crippen molar-refractivity contribution >= 4 is 0 Å². The molecule has 0 aromatic heterocycles. The quantitative estimate of drug-likeness (QED) is 0.594. The summed E-state index contributed by atoms with van der Waals surface area (Å²) in [6.45, 7) is 11.6. The van der Waals surface area contributed by atoms with E-state index in [4.69, 9.17) is 18.9 Å². The van der Waals surface area contributed by atoms with Gasteiger partial charge in [-0.25, -0.2) is 0 Å². The Morgan fingerprint density at radius 2 is 1.56 bits per heavy atom. The summed E-state index contributed by atoms with van der Waals surface area (Å²) in [6, 6.07) is 0. The van der Waals surface area contributed by atoms with Crippen molar-refractivity contribution < 1.29 is 18.9 Å². The van der Waals surface area contributed by atoms with Crippen LogP contribution in [0.3, 0.4) is 0 Å². The van der Waals surface area contributed by atoms with Crippen LogP contribution in [0.4, 0.5) is 0 Å². The first-order chi connectivity index (χ1) is 8.36. The van der Waals surface area contributed by atoms with Crippen molar-refractivity contribution in [2.24, 2.45) is 0 Å². The summed E-state index contributed by atoms with van der Waals surface area (Å²) >= 11 is 0. The van der Waals surface area contributed by atoms with Crippen LogP contribution in [-0.2, 0) is 18.9 Å². The lowest BCUT2D eigenvalue weighted by Crippen LogP contribution is -2.32. The van der Waals surface area contributed by atoms with Gasteiger partial charge in [0, 0.05) is 6.42 Å². The molecule has 0 N–H and O–H groups in total. The summed E-state index contributed by atoms with van der Waals surface area (Å²) in [5.41, 5.74) is -0.241. The van der Waals surface area contributed by atoms with E-state index in [0.717, 1.165) is 32.7 Å². The Morgan fingerprint density at radius 1 is 0.944 bits per heavy atom. The fourth-order valence-corrected chi connectivity index (χ4v) is 1.92. The third-order valence-electron chi connectivity index (χ3n) is 3.38. The van der Waals surface area contributed by atoms with Gasteiger partial charge in [0.15, 0.2) is 0 Å². The lowest BCUT2D eigenvalue weighted by atomic mass is 10.0. The van der Waals surface area contributed by atoms with Crippen LogP contribution in [0.1, 0.15) is 40.5 Å². The fraction of sp³-hybridized carbons (Fsp3) is 1.00. The number of ether oxygens (including phenoxy) is 4. The predicted molar refractivity (Wildman–Crippen MR) is 68.8 cm³/mol. The molecule has 2 aliphatic rings. The molecule has 0 aromatic rings. The minimum atomic E-state index is -0.141. The summed E-state index contributed by atoms with van der Waals surface area (Å²) in [6.07, 6.45) is 2.61. The second-order valence-electron chi connectivity index (χ2n) is 6.54. The molecule has 0 amide bonds. The first-order valence-corrected chi connectivity index (χ1v) is 6.87. The van der Waals surface area contributed by atoms with E-state index in [1.165, 1.54) is 0 Å². The Bertz CT molecular complexity index is 267.